The second-order valence-corrected chi connectivity index (χ2v) is 3.65. The van der Waals surface area contributed by atoms with Crippen LogP contribution in [0.5, 0.6) is 0 Å². The van der Waals surface area contributed by atoms with Gasteiger partial charge >= 0.3 is 0 Å². The molecule has 78 valence electrons. The highest BCUT2D eigenvalue weighted by molar-refractivity contribution is 5.75. The van der Waals surface area contributed by atoms with E-state index in [2.05, 4.69) is 12.2 Å². The van der Waals surface area contributed by atoms with Crippen molar-refractivity contribution in [3.05, 3.63) is 0 Å². The lowest BCUT2D eigenvalue weighted by Crippen LogP contribution is -2.32. The van der Waals surface area contributed by atoms with Crippen LogP contribution in [-0.2, 0) is 4.79 Å². The van der Waals surface area contributed by atoms with E-state index in [0.717, 1.165) is 6.42 Å². The Hall–Kier alpha value is -0.570. The van der Waals surface area contributed by atoms with E-state index < -0.39 is 0 Å². The van der Waals surface area contributed by atoms with Crippen LogP contribution in [0.15, 0.2) is 0 Å². The van der Waals surface area contributed by atoms with Crippen molar-refractivity contribution in [2.45, 2.75) is 39.0 Å². The van der Waals surface area contributed by atoms with Crippen molar-refractivity contribution in [2.24, 2.45) is 0 Å². The number of carbonyl (C=O) groups is 1. The molecular weight excluding hydrogens is 164 g/mol. The molecule has 0 rings (SSSR count). The van der Waals surface area contributed by atoms with Gasteiger partial charge in [0.1, 0.15) is 0 Å². The molecule has 3 heteroatoms. The Bertz CT molecular complexity index is 135. The third-order valence-electron chi connectivity index (χ3n) is 1.85. The Labute approximate surface area is 81.5 Å². The van der Waals surface area contributed by atoms with Crippen molar-refractivity contribution >= 4 is 5.91 Å². The number of hydrogen-bond acceptors (Lipinski definition) is 2. The molecule has 0 aromatic rings. The van der Waals surface area contributed by atoms with E-state index in [1.807, 2.05) is 19.0 Å². The first kappa shape index (κ1) is 12.4. The van der Waals surface area contributed by atoms with Gasteiger partial charge < -0.3 is 5.32 Å². The molecule has 0 fully saturated rings. The monoisotopic (exact) mass is 186 g/mol. The fourth-order valence-electron chi connectivity index (χ4n) is 1.05. The van der Waals surface area contributed by atoms with Gasteiger partial charge in [0.25, 0.3) is 0 Å². The van der Waals surface area contributed by atoms with Crippen molar-refractivity contribution in [1.82, 2.24) is 10.2 Å². The molecule has 0 aliphatic carbocycles. The van der Waals surface area contributed by atoms with Gasteiger partial charge in [0.2, 0.25) is 5.91 Å². The summed E-state index contributed by atoms with van der Waals surface area (Å²) in [6.07, 6.45) is 5.33. The number of nitrogens with zero attached hydrogens (tertiary/aromatic N) is 1. The zero-order valence-corrected chi connectivity index (χ0v) is 9.10. The summed E-state index contributed by atoms with van der Waals surface area (Å²) in [6.45, 7) is 2.82. The van der Waals surface area contributed by atoms with E-state index in [0.29, 0.717) is 13.1 Å². The molecule has 0 bridgehead atoms. The minimum absolute atomic E-state index is 0.171. The van der Waals surface area contributed by atoms with Crippen molar-refractivity contribution in [3.63, 3.8) is 0 Å². The predicted molar refractivity (Wildman–Crippen MR) is 55.5 cm³/mol. The maximum absolute atomic E-state index is 11.2. The molecule has 0 aromatic carbocycles. The Morgan fingerprint density at radius 2 is 1.92 bits per heavy atom. The molecule has 0 aliphatic heterocycles. The smallest absolute Gasteiger partial charge is 0.220 e. The molecule has 0 radical (unpaired) electrons. The highest BCUT2D eigenvalue weighted by atomic mass is 16.1. The van der Waals surface area contributed by atoms with Crippen LogP contribution in [0.2, 0.25) is 0 Å². The zero-order valence-electron chi connectivity index (χ0n) is 9.10. The topological polar surface area (TPSA) is 32.3 Å². The zero-order chi connectivity index (χ0) is 10.1. The predicted octanol–water partition coefficient (Wildman–Crippen LogP) is 1.59. The van der Waals surface area contributed by atoms with Gasteiger partial charge in [-0.05, 0) is 20.5 Å². The van der Waals surface area contributed by atoms with Gasteiger partial charge in [0.05, 0.1) is 6.67 Å². The Morgan fingerprint density at radius 3 is 2.46 bits per heavy atom. The summed E-state index contributed by atoms with van der Waals surface area (Å²) in [5.74, 6) is 0.171. The second-order valence-electron chi connectivity index (χ2n) is 3.65. The van der Waals surface area contributed by atoms with Gasteiger partial charge in [-0.1, -0.05) is 26.2 Å². The number of carbonyl (C=O) groups excluding carboxylic acids is 1. The molecule has 0 saturated heterocycles. The van der Waals surface area contributed by atoms with Gasteiger partial charge in [0.15, 0.2) is 0 Å². The average Bonchev–Trinajstić information content (AvgIpc) is 2.09. The third-order valence-corrected chi connectivity index (χ3v) is 1.85. The first-order valence-corrected chi connectivity index (χ1v) is 5.08. The quantitative estimate of drug-likeness (QED) is 0.484. The van der Waals surface area contributed by atoms with Gasteiger partial charge in [-0.25, -0.2) is 0 Å². The fourth-order valence-corrected chi connectivity index (χ4v) is 1.05. The molecule has 0 atom stereocenters. The summed E-state index contributed by atoms with van der Waals surface area (Å²) in [6, 6.07) is 0. The summed E-state index contributed by atoms with van der Waals surface area (Å²) in [5, 5.41) is 2.85. The van der Waals surface area contributed by atoms with E-state index in [1.54, 1.807) is 0 Å². The molecule has 0 unspecified atom stereocenters. The lowest BCUT2D eigenvalue weighted by Gasteiger charge is -2.10. The SMILES string of the molecule is CCCCCCC(=O)NCN(C)C. The Balaban J connectivity index is 3.20. The summed E-state index contributed by atoms with van der Waals surface area (Å²) >= 11 is 0. The number of nitrogens with one attached hydrogen (secondary N) is 1. The molecule has 1 N–H and O–H groups in total. The first-order chi connectivity index (χ1) is 6.16. The first-order valence-electron chi connectivity index (χ1n) is 5.08. The van der Waals surface area contributed by atoms with Crippen LogP contribution in [0.3, 0.4) is 0 Å². The maximum atomic E-state index is 11.2. The standard InChI is InChI=1S/C10H22N2O/c1-4-5-6-7-8-10(13)11-9-12(2)3/h4-9H2,1-3H3,(H,11,13). The van der Waals surface area contributed by atoms with Crippen LogP contribution in [-0.4, -0.2) is 31.6 Å². The van der Waals surface area contributed by atoms with E-state index in [9.17, 15) is 4.79 Å². The number of amides is 1. The maximum Gasteiger partial charge on any atom is 0.220 e. The molecule has 0 aromatic heterocycles. The third kappa shape index (κ3) is 9.34. The molecule has 0 aliphatic rings. The summed E-state index contributed by atoms with van der Waals surface area (Å²) < 4.78 is 0. The summed E-state index contributed by atoms with van der Waals surface area (Å²) in [4.78, 5) is 13.1. The minimum Gasteiger partial charge on any atom is -0.343 e. The van der Waals surface area contributed by atoms with Gasteiger partial charge in [0, 0.05) is 6.42 Å². The van der Waals surface area contributed by atoms with Crippen LogP contribution >= 0.6 is 0 Å². The average molecular weight is 186 g/mol. The van der Waals surface area contributed by atoms with Crippen LogP contribution in [0.1, 0.15) is 39.0 Å². The molecule has 13 heavy (non-hydrogen) atoms. The molecule has 0 spiro atoms. The van der Waals surface area contributed by atoms with Crippen LogP contribution in [0.4, 0.5) is 0 Å². The number of rotatable bonds is 7. The van der Waals surface area contributed by atoms with Gasteiger partial charge in [-0.15, -0.1) is 0 Å². The second kappa shape index (κ2) is 8.05. The van der Waals surface area contributed by atoms with Gasteiger partial charge in [-0.3, -0.25) is 9.69 Å². The van der Waals surface area contributed by atoms with Crippen molar-refractivity contribution < 1.29 is 4.79 Å². The fraction of sp³-hybridized carbons (Fsp3) is 0.900. The highest BCUT2D eigenvalue weighted by Gasteiger charge is 1.99. The molecular formula is C10H22N2O. The van der Waals surface area contributed by atoms with Crippen molar-refractivity contribution in [3.8, 4) is 0 Å². The minimum atomic E-state index is 0.171. The van der Waals surface area contributed by atoms with E-state index >= 15 is 0 Å². The van der Waals surface area contributed by atoms with Crippen LogP contribution in [0.25, 0.3) is 0 Å². The van der Waals surface area contributed by atoms with Crippen molar-refractivity contribution in [2.75, 3.05) is 20.8 Å². The lowest BCUT2D eigenvalue weighted by molar-refractivity contribution is -0.121. The number of unbranched alkanes of at least 4 members (excludes halogenated alkanes) is 3. The molecule has 0 heterocycles. The largest absolute Gasteiger partial charge is 0.343 e. The van der Waals surface area contributed by atoms with E-state index in [4.69, 9.17) is 0 Å². The summed E-state index contributed by atoms with van der Waals surface area (Å²) in [5.41, 5.74) is 0. The van der Waals surface area contributed by atoms with E-state index in [-0.39, 0.29) is 5.91 Å². The van der Waals surface area contributed by atoms with Crippen molar-refractivity contribution in [1.29, 1.82) is 0 Å². The van der Waals surface area contributed by atoms with Crippen LogP contribution < -0.4 is 5.32 Å². The highest BCUT2D eigenvalue weighted by Crippen LogP contribution is 2.01. The Kier molecular flexibility index (Phi) is 7.69. The normalized spacial score (nSPS) is 10.5. The Morgan fingerprint density at radius 1 is 1.23 bits per heavy atom. The summed E-state index contributed by atoms with van der Waals surface area (Å²) in [7, 11) is 3.88. The molecule has 3 nitrogen and oxygen atoms in total. The van der Waals surface area contributed by atoms with Gasteiger partial charge in [-0.2, -0.15) is 0 Å². The molecule has 1 amide bonds. The lowest BCUT2D eigenvalue weighted by atomic mass is 10.1. The van der Waals surface area contributed by atoms with E-state index in [1.165, 1.54) is 19.3 Å². The number of hydrogen-bond donors (Lipinski definition) is 1. The molecule has 0 saturated carbocycles. The van der Waals surface area contributed by atoms with Crippen LogP contribution in [0, 0.1) is 0 Å².